The van der Waals surface area contributed by atoms with Crippen molar-refractivity contribution < 1.29 is 19.1 Å². The number of nitrogens with one attached hydrogen (secondary N) is 1. The third-order valence-electron chi connectivity index (χ3n) is 4.62. The Morgan fingerprint density at radius 2 is 1.96 bits per heavy atom. The van der Waals surface area contributed by atoms with Gasteiger partial charge in [-0.1, -0.05) is 19.9 Å². The average molecular weight is 362 g/mol. The van der Waals surface area contributed by atoms with Crippen molar-refractivity contribution in [1.29, 1.82) is 0 Å². The van der Waals surface area contributed by atoms with Gasteiger partial charge in [0.2, 0.25) is 0 Å². The van der Waals surface area contributed by atoms with Crippen molar-refractivity contribution in [3.05, 3.63) is 29.3 Å². The molecular formula is C20H30N2O4. The molecular weight excluding hydrogens is 332 g/mol. The van der Waals surface area contributed by atoms with Gasteiger partial charge in [-0.25, -0.2) is 4.79 Å². The lowest BCUT2D eigenvalue weighted by atomic mass is 9.98. The summed E-state index contributed by atoms with van der Waals surface area (Å²) in [5.41, 5.74) is 2.46. The first kappa shape index (κ1) is 20.1. The van der Waals surface area contributed by atoms with E-state index in [4.69, 9.17) is 9.47 Å². The second kappa shape index (κ2) is 9.46. The SMILES string of the molecule is CCOC(=O)N1CCC(NC(=O)COc2ccc(C(C)C)c(C)c2)CC1. The molecule has 1 aliphatic heterocycles. The number of piperidine rings is 1. The van der Waals surface area contributed by atoms with Crippen LogP contribution in [0.5, 0.6) is 5.75 Å². The third kappa shape index (κ3) is 5.64. The first-order valence-electron chi connectivity index (χ1n) is 9.35. The molecule has 2 amide bonds. The van der Waals surface area contributed by atoms with Crippen LogP contribution in [0.15, 0.2) is 18.2 Å². The quantitative estimate of drug-likeness (QED) is 0.844. The first-order valence-corrected chi connectivity index (χ1v) is 9.35. The van der Waals surface area contributed by atoms with Crippen molar-refractivity contribution in [2.75, 3.05) is 26.3 Å². The lowest BCUT2D eigenvalue weighted by Gasteiger charge is -2.31. The van der Waals surface area contributed by atoms with Gasteiger partial charge in [0.15, 0.2) is 6.61 Å². The van der Waals surface area contributed by atoms with Gasteiger partial charge < -0.3 is 19.7 Å². The molecule has 0 unspecified atom stereocenters. The van der Waals surface area contributed by atoms with Crippen LogP contribution < -0.4 is 10.1 Å². The van der Waals surface area contributed by atoms with Gasteiger partial charge in [-0.15, -0.1) is 0 Å². The zero-order valence-corrected chi connectivity index (χ0v) is 16.2. The van der Waals surface area contributed by atoms with Gasteiger partial charge >= 0.3 is 6.09 Å². The van der Waals surface area contributed by atoms with Crippen molar-refractivity contribution in [1.82, 2.24) is 10.2 Å². The van der Waals surface area contributed by atoms with Gasteiger partial charge in [0.25, 0.3) is 5.91 Å². The first-order chi connectivity index (χ1) is 12.4. The van der Waals surface area contributed by atoms with Crippen LogP contribution in [0.1, 0.15) is 50.7 Å². The van der Waals surface area contributed by atoms with Crippen molar-refractivity contribution in [2.24, 2.45) is 0 Å². The van der Waals surface area contributed by atoms with Crippen LogP contribution >= 0.6 is 0 Å². The number of ether oxygens (including phenoxy) is 2. The van der Waals surface area contributed by atoms with Crippen molar-refractivity contribution in [2.45, 2.75) is 52.5 Å². The normalized spacial score (nSPS) is 15.0. The number of carbonyl (C=O) groups excluding carboxylic acids is 2. The van der Waals surface area contributed by atoms with Crippen LogP contribution in [-0.2, 0) is 9.53 Å². The number of hydrogen-bond donors (Lipinski definition) is 1. The summed E-state index contributed by atoms with van der Waals surface area (Å²) in [6, 6.07) is 6.01. The lowest BCUT2D eigenvalue weighted by molar-refractivity contribution is -0.124. The van der Waals surface area contributed by atoms with Crippen LogP contribution in [0.2, 0.25) is 0 Å². The highest BCUT2D eigenvalue weighted by Gasteiger charge is 2.24. The van der Waals surface area contributed by atoms with Crippen molar-refractivity contribution >= 4 is 12.0 Å². The molecule has 6 nitrogen and oxygen atoms in total. The fourth-order valence-electron chi connectivity index (χ4n) is 3.23. The van der Waals surface area contributed by atoms with E-state index in [9.17, 15) is 9.59 Å². The van der Waals surface area contributed by atoms with E-state index < -0.39 is 0 Å². The number of carbonyl (C=O) groups is 2. The van der Waals surface area contributed by atoms with Gasteiger partial charge in [0.1, 0.15) is 5.75 Å². The molecule has 0 radical (unpaired) electrons. The standard InChI is InChI=1S/C20H30N2O4/c1-5-25-20(24)22-10-8-16(9-11-22)21-19(23)13-26-17-6-7-18(14(2)3)15(4)12-17/h6-7,12,14,16H,5,8-11,13H2,1-4H3,(H,21,23). The molecule has 1 fully saturated rings. The Bertz CT molecular complexity index is 622. The zero-order chi connectivity index (χ0) is 19.1. The molecule has 0 bridgehead atoms. The summed E-state index contributed by atoms with van der Waals surface area (Å²) in [6.07, 6.45) is 1.18. The number of aryl methyl sites for hydroxylation is 1. The van der Waals surface area contributed by atoms with E-state index >= 15 is 0 Å². The minimum atomic E-state index is -0.277. The molecule has 1 aliphatic rings. The number of amides is 2. The van der Waals surface area contributed by atoms with Crippen LogP contribution in [0.3, 0.4) is 0 Å². The number of rotatable bonds is 6. The van der Waals surface area contributed by atoms with E-state index in [0.29, 0.717) is 31.4 Å². The van der Waals surface area contributed by atoms with Gasteiger partial charge in [0.05, 0.1) is 6.61 Å². The molecule has 1 aromatic carbocycles. The summed E-state index contributed by atoms with van der Waals surface area (Å²) < 4.78 is 10.6. The zero-order valence-electron chi connectivity index (χ0n) is 16.2. The smallest absolute Gasteiger partial charge is 0.409 e. The molecule has 26 heavy (non-hydrogen) atoms. The van der Waals surface area contributed by atoms with E-state index in [0.717, 1.165) is 12.8 Å². The highest BCUT2D eigenvalue weighted by atomic mass is 16.6. The molecule has 0 aliphatic carbocycles. The molecule has 1 aromatic rings. The Balaban J connectivity index is 1.74. The van der Waals surface area contributed by atoms with E-state index in [2.05, 4.69) is 32.2 Å². The lowest BCUT2D eigenvalue weighted by Crippen LogP contribution is -2.47. The Kier molecular flexibility index (Phi) is 7.30. The Labute approximate surface area is 155 Å². The number of benzene rings is 1. The van der Waals surface area contributed by atoms with Crippen molar-refractivity contribution in [3.8, 4) is 5.75 Å². The third-order valence-corrected chi connectivity index (χ3v) is 4.62. The van der Waals surface area contributed by atoms with Crippen LogP contribution in [0, 0.1) is 6.92 Å². The largest absolute Gasteiger partial charge is 0.484 e. The highest BCUT2D eigenvalue weighted by molar-refractivity contribution is 5.78. The summed E-state index contributed by atoms with van der Waals surface area (Å²) in [5.74, 6) is 1.04. The Morgan fingerprint density at radius 3 is 2.54 bits per heavy atom. The van der Waals surface area contributed by atoms with Crippen LogP contribution in [0.25, 0.3) is 0 Å². The molecule has 0 spiro atoms. The van der Waals surface area contributed by atoms with E-state index in [1.165, 1.54) is 11.1 Å². The minimum Gasteiger partial charge on any atom is -0.484 e. The summed E-state index contributed by atoms with van der Waals surface area (Å²) in [7, 11) is 0. The molecule has 1 heterocycles. The van der Waals surface area contributed by atoms with Crippen LogP contribution in [-0.4, -0.2) is 49.2 Å². The molecule has 6 heteroatoms. The Morgan fingerprint density at radius 1 is 1.27 bits per heavy atom. The fraction of sp³-hybridized carbons (Fsp3) is 0.600. The fourth-order valence-corrected chi connectivity index (χ4v) is 3.23. The molecule has 1 saturated heterocycles. The van der Waals surface area contributed by atoms with Gasteiger partial charge in [-0.05, 0) is 55.9 Å². The summed E-state index contributed by atoms with van der Waals surface area (Å²) in [6.45, 7) is 9.74. The molecule has 0 atom stereocenters. The predicted octanol–water partition coefficient (Wildman–Crippen LogP) is 3.23. The number of hydrogen-bond acceptors (Lipinski definition) is 4. The molecule has 1 N–H and O–H groups in total. The second-order valence-corrected chi connectivity index (χ2v) is 6.99. The number of likely N-dealkylation sites (tertiary alicyclic amines) is 1. The van der Waals surface area contributed by atoms with Gasteiger partial charge in [-0.3, -0.25) is 4.79 Å². The minimum absolute atomic E-state index is 0.00143. The topological polar surface area (TPSA) is 67.9 Å². The van der Waals surface area contributed by atoms with Crippen LogP contribution in [0.4, 0.5) is 4.79 Å². The maximum absolute atomic E-state index is 12.1. The predicted molar refractivity (Wildman–Crippen MR) is 101 cm³/mol. The molecule has 0 saturated carbocycles. The molecule has 2 rings (SSSR count). The summed E-state index contributed by atoms with van der Waals surface area (Å²) in [5, 5.41) is 2.98. The highest BCUT2D eigenvalue weighted by Crippen LogP contribution is 2.23. The van der Waals surface area contributed by atoms with E-state index in [-0.39, 0.29) is 24.6 Å². The number of nitrogens with zero attached hydrogens (tertiary/aromatic N) is 1. The maximum Gasteiger partial charge on any atom is 0.409 e. The average Bonchev–Trinajstić information content (AvgIpc) is 2.60. The van der Waals surface area contributed by atoms with Gasteiger partial charge in [0, 0.05) is 19.1 Å². The maximum atomic E-state index is 12.1. The summed E-state index contributed by atoms with van der Waals surface area (Å²) in [4.78, 5) is 25.5. The molecule has 144 valence electrons. The van der Waals surface area contributed by atoms with Crippen molar-refractivity contribution in [3.63, 3.8) is 0 Å². The van der Waals surface area contributed by atoms with Gasteiger partial charge in [-0.2, -0.15) is 0 Å². The molecule has 0 aromatic heterocycles. The monoisotopic (exact) mass is 362 g/mol. The second-order valence-electron chi connectivity index (χ2n) is 6.99. The summed E-state index contributed by atoms with van der Waals surface area (Å²) >= 11 is 0. The van der Waals surface area contributed by atoms with E-state index in [1.54, 1.807) is 11.8 Å². The van der Waals surface area contributed by atoms with E-state index in [1.807, 2.05) is 12.1 Å². The Hall–Kier alpha value is -2.24.